The van der Waals surface area contributed by atoms with Crippen molar-refractivity contribution >= 4 is 64.9 Å². The molecular weight excluding hydrogens is 456 g/mol. The number of thiophene rings is 1. The van der Waals surface area contributed by atoms with Gasteiger partial charge in [-0.1, -0.05) is 97.1 Å². The number of benzene rings is 6. The van der Waals surface area contributed by atoms with Gasteiger partial charge in [0.2, 0.25) is 0 Å². The molecule has 0 N–H and O–H groups in total. The van der Waals surface area contributed by atoms with Gasteiger partial charge in [0.25, 0.3) is 0 Å². The topological polar surface area (TPSA) is 13.1 Å². The molecule has 0 aliphatic heterocycles. The van der Waals surface area contributed by atoms with Crippen LogP contribution in [0.3, 0.4) is 0 Å². The summed E-state index contributed by atoms with van der Waals surface area (Å²) in [5.74, 6) is 0. The van der Waals surface area contributed by atoms with Gasteiger partial charge in [-0.2, -0.15) is 0 Å². The van der Waals surface area contributed by atoms with Crippen molar-refractivity contribution in [3.63, 3.8) is 0 Å². The van der Waals surface area contributed by atoms with Crippen molar-refractivity contribution in [3.8, 4) is 22.3 Å². The first kappa shape index (κ1) is 19.9. The fourth-order valence-electron chi connectivity index (χ4n) is 5.77. The second-order valence-electron chi connectivity index (χ2n) is 9.30. The summed E-state index contributed by atoms with van der Waals surface area (Å²) >= 11 is 1.79. The Labute approximate surface area is 211 Å². The third-order valence-electron chi connectivity index (χ3n) is 7.34. The highest BCUT2D eigenvalue weighted by molar-refractivity contribution is 7.17. The first-order chi connectivity index (χ1) is 17.9. The van der Waals surface area contributed by atoms with Gasteiger partial charge in [-0.25, -0.2) is 0 Å². The summed E-state index contributed by atoms with van der Waals surface area (Å²) in [5.41, 5.74) is 7.03. The lowest BCUT2D eigenvalue weighted by Crippen LogP contribution is -1.90. The summed E-state index contributed by atoms with van der Waals surface area (Å²) in [7, 11) is 0. The summed E-state index contributed by atoms with van der Waals surface area (Å²) in [6, 6.07) is 41.3. The molecule has 0 aliphatic rings. The Morgan fingerprint density at radius 2 is 1.03 bits per heavy atom. The number of hydrogen-bond acceptors (Lipinski definition) is 2. The molecule has 0 unspecified atom stereocenters. The summed E-state index contributed by atoms with van der Waals surface area (Å²) in [6.45, 7) is 0. The fourth-order valence-corrected chi connectivity index (χ4v) is 6.74. The first-order valence-electron chi connectivity index (χ1n) is 12.2. The van der Waals surface area contributed by atoms with Crippen LogP contribution in [0.4, 0.5) is 0 Å². The molecule has 2 heterocycles. The van der Waals surface area contributed by atoms with Crippen LogP contribution in [-0.2, 0) is 0 Å². The molecule has 36 heavy (non-hydrogen) atoms. The molecule has 8 aromatic rings. The van der Waals surface area contributed by atoms with Crippen LogP contribution in [0.5, 0.6) is 0 Å². The monoisotopic (exact) mass is 476 g/mol. The van der Waals surface area contributed by atoms with Crippen LogP contribution in [0.1, 0.15) is 0 Å². The van der Waals surface area contributed by atoms with E-state index in [2.05, 4.69) is 109 Å². The average molecular weight is 477 g/mol. The largest absolute Gasteiger partial charge is 0.456 e. The molecule has 0 radical (unpaired) electrons. The fraction of sp³-hybridized carbons (Fsp3) is 0. The zero-order chi connectivity index (χ0) is 23.6. The average Bonchev–Trinajstić information content (AvgIpc) is 3.51. The maximum Gasteiger partial charge on any atom is 0.136 e. The van der Waals surface area contributed by atoms with Gasteiger partial charge in [-0.15, -0.1) is 11.3 Å². The highest BCUT2D eigenvalue weighted by atomic mass is 32.1. The molecule has 168 valence electrons. The summed E-state index contributed by atoms with van der Waals surface area (Å²) in [5, 5.41) is 11.1. The Morgan fingerprint density at radius 1 is 0.444 bits per heavy atom. The molecule has 0 fully saturated rings. The van der Waals surface area contributed by atoms with Crippen LogP contribution >= 0.6 is 11.3 Å². The Balaban J connectivity index is 1.53. The lowest BCUT2D eigenvalue weighted by Gasteiger charge is -2.17. The van der Waals surface area contributed by atoms with Crippen LogP contribution in [0, 0.1) is 0 Å². The predicted molar refractivity (Wildman–Crippen MR) is 155 cm³/mol. The van der Waals surface area contributed by atoms with Crippen molar-refractivity contribution in [2.45, 2.75) is 0 Å². The van der Waals surface area contributed by atoms with Crippen molar-refractivity contribution in [1.29, 1.82) is 0 Å². The van der Waals surface area contributed by atoms with Crippen LogP contribution in [0.15, 0.2) is 125 Å². The van der Waals surface area contributed by atoms with E-state index in [1.807, 2.05) is 12.1 Å². The Bertz CT molecular complexity index is 2040. The van der Waals surface area contributed by atoms with Crippen molar-refractivity contribution in [1.82, 2.24) is 0 Å². The number of hydrogen-bond donors (Lipinski definition) is 0. The van der Waals surface area contributed by atoms with Crippen molar-refractivity contribution in [2.75, 3.05) is 0 Å². The van der Waals surface area contributed by atoms with E-state index in [0.29, 0.717) is 0 Å². The van der Waals surface area contributed by atoms with E-state index in [9.17, 15) is 0 Å². The third kappa shape index (κ3) is 2.76. The Hall–Kier alpha value is -4.40. The van der Waals surface area contributed by atoms with Crippen LogP contribution in [-0.4, -0.2) is 0 Å². The van der Waals surface area contributed by atoms with E-state index < -0.39 is 0 Å². The minimum Gasteiger partial charge on any atom is -0.456 e. The molecule has 0 atom stereocenters. The molecule has 8 rings (SSSR count). The molecule has 1 nitrogen and oxygen atoms in total. The maximum absolute atomic E-state index is 6.19. The summed E-state index contributed by atoms with van der Waals surface area (Å²) < 4.78 is 7.43. The smallest absolute Gasteiger partial charge is 0.136 e. The molecular formula is C34H20OS. The normalized spacial score (nSPS) is 11.9. The molecule has 0 spiro atoms. The first-order valence-corrected chi connectivity index (χ1v) is 13.1. The van der Waals surface area contributed by atoms with Crippen molar-refractivity contribution < 1.29 is 4.42 Å². The minimum absolute atomic E-state index is 0.940. The Morgan fingerprint density at radius 3 is 1.72 bits per heavy atom. The van der Waals surface area contributed by atoms with Gasteiger partial charge in [-0.3, -0.25) is 0 Å². The lowest BCUT2D eigenvalue weighted by molar-refractivity contribution is 0.669. The number of rotatable bonds is 2. The number of fused-ring (bicyclic) bond motifs is 6. The zero-order valence-electron chi connectivity index (χ0n) is 19.4. The number of para-hydroxylation sites is 1. The minimum atomic E-state index is 0.940. The second-order valence-corrected chi connectivity index (χ2v) is 10.2. The molecule has 0 aliphatic carbocycles. The van der Waals surface area contributed by atoms with E-state index in [0.717, 1.165) is 11.2 Å². The quantitative estimate of drug-likeness (QED) is 0.226. The molecule has 2 aromatic heterocycles. The molecule has 0 bridgehead atoms. The lowest BCUT2D eigenvalue weighted by atomic mass is 9.86. The standard InChI is InChI=1S/C34H20OS/c1-2-10-21(11-3-1)33-23-13-4-6-15-25(23)34(26-16-7-5-14-24(26)33)29-20-36-32-19-31-27(18-28(29)32)22-12-8-9-17-30(22)35-31/h1-20H. The van der Waals surface area contributed by atoms with E-state index >= 15 is 0 Å². The Kier molecular flexibility index (Phi) is 4.16. The highest BCUT2D eigenvalue weighted by Gasteiger charge is 2.19. The highest BCUT2D eigenvalue weighted by Crippen LogP contribution is 2.47. The molecule has 6 aromatic carbocycles. The van der Waals surface area contributed by atoms with Gasteiger partial charge < -0.3 is 4.42 Å². The zero-order valence-corrected chi connectivity index (χ0v) is 20.2. The van der Waals surface area contributed by atoms with E-state index in [1.54, 1.807) is 11.3 Å². The number of furan rings is 1. The van der Waals surface area contributed by atoms with Gasteiger partial charge in [0.1, 0.15) is 11.2 Å². The van der Waals surface area contributed by atoms with Gasteiger partial charge in [-0.05, 0) is 61.8 Å². The van der Waals surface area contributed by atoms with Gasteiger partial charge in [0.05, 0.1) is 0 Å². The summed E-state index contributed by atoms with van der Waals surface area (Å²) in [4.78, 5) is 0. The van der Waals surface area contributed by atoms with E-state index in [1.165, 1.54) is 64.7 Å². The second kappa shape index (κ2) is 7.55. The van der Waals surface area contributed by atoms with Gasteiger partial charge in [0, 0.05) is 26.4 Å². The van der Waals surface area contributed by atoms with Crippen LogP contribution in [0.2, 0.25) is 0 Å². The van der Waals surface area contributed by atoms with Crippen LogP contribution < -0.4 is 0 Å². The van der Waals surface area contributed by atoms with Crippen LogP contribution in [0.25, 0.3) is 75.8 Å². The molecule has 0 amide bonds. The molecule has 0 saturated carbocycles. The maximum atomic E-state index is 6.19. The third-order valence-corrected chi connectivity index (χ3v) is 8.28. The van der Waals surface area contributed by atoms with Crippen molar-refractivity contribution in [3.05, 3.63) is 121 Å². The van der Waals surface area contributed by atoms with Crippen molar-refractivity contribution in [2.24, 2.45) is 0 Å². The predicted octanol–water partition coefficient (Wildman–Crippen LogP) is 10.4. The summed E-state index contributed by atoms with van der Waals surface area (Å²) in [6.07, 6.45) is 0. The van der Waals surface area contributed by atoms with Gasteiger partial charge in [0.15, 0.2) is 0 Å². The van der Waals surface area contributed by atoms with Gasteiger partial charge >= 0.3 is 0 Å². The molecule has 2 heteroatoms. The molecule has 0 saturated heterocycles. The van der Waals surface area contributed by atoms with E-state index in [4.69, 9.17) is 4.42 Å². The SMILES string of the molecule is c1ccc(-c2c3ccccc3c(-c3csc4cc5oc6ccccc6c5cc34)c3ccccc23)cc1. The van der Waals surface area contributed by atoms with E-state index in [-0.39, 0.29) is 0 Å².